The highest BCUT2D eigenvalue weighted by Crippen LogP contribution is 2.32. The summed E-state index contributed by atoms with van der Waals surface area (Å²) in [5.41, 5.74) is 6.61. The number of hydrogen-bond donors (Lipinski definition) is 1. The second-order valence-electron chi connectivity index (χ2n) is 7.40. The lowest BCUT2D eigenvalue weighted by Gasteiger charge is -2.49. The third-order valence-corrected chi connectivity index (χ3v) is 6.19. The summed E-state index contributed by atoms with van der Waals surface area (Å²) in [4.78, 5) is 8.15. The van der Waals surface area contributed by atoms with E-state index in [1.54, 1.807) is 0 Å². The molecule has 3 heterocycles. The molecule has 3 fully saturated rings. The first-order chi connectivity index (χ1) is 10.3. The van der Waals surface area contributed by atoms with E-state index in [9.17, 15) is 0 Å². The molecule has 2 unspecified atom stereocenters. The minimum absolute atomic E-state index is 0.289. The lowest BCUT2D eigenvalue weighted by molar-refractivity contribution is 0.00969. The molecular formula is C17H34N4. The van der Waals surface area contributed by atoms with Crippen molar-refractivity contribution in [2.75, 3.05) is 52.4 Å². The molecule has 122 valence electrons. The smallest absolute Gasteiger partial charge is 0.0345 e. The molecule has 0 saturated carbocycles. The zero-order valence-corrected chi connectivity index (χ0v) is 13.9. The van der Waals surface area contributed by atoms with Gasteiger partial charge >= 0.3 is 0 Å². The molecule has 0 aromatic carbocycles. The Morgan fingerprint density at radius 2 is 1.95 bits per heavy atom. The lowest BCUT2D eigenvalue weighted by atomic mass is 9.87. The van der Waals surface area contributed by atoms with Crippen molar-refractivity contribution in [3.8, 4) is 0 Å². The van der Waals surface area contributed by atoms with E-state index >= 15 is 0 Å². The monoisotopic (exact) mass is 294 g/mol. The fraction of sp³-hybridized carbons (Fsp3) is 1.00. The van der Waals surface area contributed by atoms with Crippen molar-refractivity contribution in [2.45, 2.75) is 57.0 Å². The van der Waals surface area contributed by atoms with Crippen LogP contribution in [0, 0.1) is 0 Å². The molecule has 3 saturated heterocycles. The highest BCUT2D eigenvalue weighted by atomic mass is 15.3. The maximum atomic E-state index is 6.32. The summed E-state index contributed by atoms with van der Waals surface area (Å²) < 4.78 is 0. The number of piperazine rings is 1. The van der Waals surface area contributed by atoms with Gasteiger partial charge in [0.25, 0.3) is 0 Å². The number of nitrogens with two attached hydrogens (primary N) is 1. The molecule has 0 aromatic heterocycles. The van der Waals surface area contributed by atoms with Crippen molar-refractivity contribution in [3.63, 3.8) is 0 Å². The average Bonchev–Trinajstić information content (AvgIpc) is 2.88. The Morgan fingerprint density at radius 1 is 1.05 bits per heavy atom. The van der Waals surface area contributed by atoms with E-state index in [4.69, 9.17) is 5.73 Å². The zero-order chi connectivity index (χ0) is 14.7. The Hall–Kier alpha value is -0.160. The Kier molecular flexibility index (Phi) is 5.20. The van der Waals surface area contributed by atoms with Crippen LogP contribution in [0.3, 0.4) is 0 Å². The van der Waals surface area contributed by atoms with E-state index in [-0.39, 0.29) is 5.54 Å². The number of rotatable bonds is 4. The standard InChI is InChI=1S/C17H34N4/c1-2-8-19-9-4-6-17(15-18,7-11-19)21-13-12-20-10-3-5-16(20)14-21/h16H,2-15,18H2,1H3. The maximum Gasteiger partial charge on any atom is 0.0345 e. The topological polar surface area (TPSA) is 35.7 Å². The quantitative estimate of drug-likeness (QED) is 0.849. The fourth-order valence-corrected chi connectivity index (χ4v) is 4.85. The first kappa shape index (κ1) is 15.7. The zero-order valence-electron chi connectivity index (χ0n) is 13.9. The number of likely N-dealkylation sites (tertiary alicyclic amines) is 1. The van der Waals surface area contributed by atoms with E-state index in [1.165, 1.54) is 84.3 Å². The number of nitrogens with zero attached hydrogens (tertiary/aromatic N) is 3. The summed E-state index contributed by atoms with van der Waals surface area (Å²) in [7, 11) is 0. The van der Waals surface area contributed by atoms with E-state index in [0.29, 0.717) is 0 Å². The van der Waals surface area contributed by atoms with Crippen LogP contribution in [-0.4, -0.2) is 78.6 Å². The average molecular weight is 294 g/mol. The van der Waals surface area contributed by atoms with Crippen molar-refractivity contribution < 1.29 is 0 Å². The molecule has 0 bridgehead atoms. The van der Waals surface area contributed by atoms with Crippen LogP contribution >= 0.6 is 0 Å². The molecule has 2 N–H and O–H groups in total. The van der Waals surface area contributed by atoms with Gasteiger partial charge in [0.05, 0.1) is 0 Å². The SMILES string of the molecule is CCCN1CCCC(CN)(N2CCN3CCCC3C2)CC1. The van der Waals surface area contributed by atoms with Gasteiger partial charge < -0.3 is 10.6 Å². The van der Waals surface area contributed by atoms with Gasteiger partial charge in [0.1, 0.15) is 0 Å². The fourth-order valence-electron chi connectivity index (χ4n) is 4.85. The minimum atomic E-state index is 0.289. The normalized spacial score (nSPS) is 36.6. The predicted octanol–water partition coefficient (Wildman–Crippen LogP) is 1.36. The second-order valence-corrected chi connectivity index (χ2v) is 7.40. The molecular weight excluding hydrogens is 260 g/mol. The van der Waals surface area contributed by atoms with Gasteiger partial charge in [-0.05, 0) is 64.7 Å². The predicted molar refractivity (Wildman–Crippen MR) is 88.5 cm³/mol. The van der Waals surface area contributed by atoms with Gasteiger partial charge in [-0.25, -0.2) is 0 Å². The summed E-state index contributed by atoms with van der Waals surface area (Å²) in [6.07, 6.45) is 7.97. The molecule has 3 aliphatic rings. The largest absolute Gasteiger partial charge is 0.329 e. The van der Waals surface area contributed by atoms with Crippen LogP contribution < -0.4 is 5.73 Å². The molecule has 3 rings (SSSR count). The molecule has 0 spiro atoms. The maximum absolute atomic E-state index is 6.32. The van der Waals surface area contributed by atoms with Crippen molar-refractivity contribution >= 4 is 0 Å². The van der Waals surface area contributed by atoms with Crippen LogP contribution in [0.4, 0.5) is 0 Å². The Morgan fingerprint density at radius 3 is 2.76 bits per heavy atom. The van der Waals surface area contributed by atoms with Crippen LogP contribution in [0.2, 0.25) is 0 Å². The van der Waals surface area contributed by atoms with Gasteiger partial charge in [-0.15, -0.1) is 0 Å². The highest BCUT2D eigenvalue weighted by molar-refractivity contribution is 4.99. The van der Waals surface area contributed by atoms with Gasteiger partial charge in [0.2, 0.25) is 0 Å². The summed E-state index contributed by atoms with van der Waals surface area (Å²) >= 11 is 0. The summed E-state index contributed by atoms with van der Waals surface area (Å²) in [5, 5.41) is 0. The van der Waals surface area contributed by atoms with Crippen molar-refractivity contribution in [3.05, 3.63) is 0 Å². The van der Waals surface area contributed by atoms with Crippen LogP contribution in [0.1, 0.15) is 45.4 Å². The van der Waals surface area contributed by atoms with E-state index in [0.717, 1.165) is 12.6 Å². The number of hydrogen-bond acceptors (Lipinski definition) is 4. The highest BCUT2D eigenvalue weighted by Gasteiger charge is 2.41. The van der Waals surface area contributed by atoms with E-state index < -0.39 is 0 Å². The van der Waals surface area contributed by atoms with E-state index in [1.807, 2.05) is 0 Å². The molecule has 21 heavy (non-hydrogen) atoms. The van der Waals surface area contributed by atoms with Gasteiger partial charge in [0, 0.05) is 37.8 Å². The summed E-state index contributed by atoms with van der Waals surface area (Å²) in [6.45, 7) is 12.0. The summed E-state index contributed by atoms with van der Waals surface area (Å²) in [6, 6.07) is 0.817. The van der Waals surface area contributed by atoms with Gasteiger partial charge in [0.15, 0.2) is 0 Å². The second kappa shape index (κ2) is 6.95. The molecule has 4 heteroatoms. The first-order valence-electron chi connectivity index (χ1n) is 9.19. The molecule has 0 amide bonds. The Labute approximate surface area is 130 Å². The van der Waals surface area contributed by atoms with Crippen molar-refractivity contribution in [1.82, 2.24) is 14.7 Å². The van der Waals surface area contributed by atoms with Crippen LogP contribution in [0.25, 0.3) is 0 Å². The number of fused-ring (bicyclic) bond motifs is 1. The van der Waals surface area contributed by atoms with E-state index in [2.05, 4.69) is 21.6 Å². The van der Waals surface area contributed by atoms with Crippen LogP contribution in [-0.2, 0) is 0 Å². The summed E-state index contributed by atoms with van der Waals surface area (Å²) in [5.74, 6) is 0. The van der Waals surface area contributed by atoms with Gasteiger partial charge in [-0.3, -0.25) is 9.80 Å². The van der Waals surface area contributed by atoms with Gasteiger partial charge in [-0.1, -0.05) is 6.92 Å². The molecule has 2 atom stereocenters. The Balaban J connectivity index is 1.65. The first-order valence-corrected chi connectivity index (χ1v) is 9.19. The van der Waals surface area contributed by atoms with Crippen LogP contribution in [0.5, 0.6) is 0 Å². The van der Waals surface area contributed by atoms with Crippen molar-refractivity contribution in [2.24, 2.45) is 5.73 Å². The third kappa shape index (κ3) is 3.29. The van der Waals surface area contributed by atoms with Crippen molar-refractivity contribution in [1.29, 1.82) is 0 Å². The van der Waals surface area contributed by atoms with Gasteiger partial charge in [-0.2, -0.15) is 0 Å². The molecule has 0 aromatic rings. The molecule has 4 nitrogen and oxygen atoms in total. The molecule has 0 radical (unpaired) electrons. The van der Waals surface area contributed by atoms with Crippen LogP contribution in [0.15, 0.2) is 0 Å². The lowest BCUT2D eigenvalue weighted by Crippen LogP contribution is -2.62. The molecule has 0 aliphatic carbocycles. The minimum Gasteiger partial charge on any atom is -0.329 e. The molecule has 3 aliphatic heterocycles. The Bertz CT molecular complexity index is 335. The third-order valence-electron chi connectivity index (χ3n) is 6.19.